The largest absolute Gasteiger partial charge is 0.454 e. The van der Waals surface area contributed by atoms with Crippen LogP contribution in [-0.4, -0.2) is 47.9 Å². The predicted molar refractivity (Wildman–Crippen MR) is 133 cm³/mol. The summed E-state index contributed by atoms with van der Waals surface area (Å²) in [6, 6.07) is 24.5. The molecule has 0 aromatic heterocycles. The zero-order valence-electron chi connectivity index (χ0n) is 20.2. The molecule has 0 saturated carbocycles. The number of hydrogen-bond acceptors (Lipinski definition) is 5. The molecule has 1 fully saturated rings. The van der Waals surface area contributed by atoms with E-state index in [9.17, 15) is 14.4 Å². The van der Waals surface area contributed by atoms with Gasteiger partial charge in [-0.05, 0) is 35.2 Å². The highest BCUT2D eigenvalue weighted by Crippen LogP contribution is 2.41. The van der Waals surface area contributed by atoms with E-state index in [1.165, 1.54) is 4.90 Å². The van der Waals surface area contributed by atoms with Crippen molar-refractivity contribution in [3.63, 3.8) is 0 Å². The number of hydrogen-bond donors (Lipinski definition) is 0. The molecule has 0 aliphatic carbocycles. The smallest absolute Gasteiger partial charge is 0.241 e. The fourth-order valence-corrected chi connectivity index (χ4v) is 4.86. The summed E-state index contributed by atoms with van der Waals surface area (Å²) in [4.78, 5) is 43.4. The summed E-state index contributed by atoms with van der Waals surface area (Å²) in [5.74, 6) is 0.431. The number of nitrogens with zero attached hydrogens (tertiary/aromatic N) is 2. The Morgan fingerprint density at radius 2 is 1.61 bits per heavy atom. The number of likely N-dealkylation sites (tertiary alicyclic amines) is 1. The maximum absolute atomic E-state index is 13.9. The van der Waals surface area contributed by atoms with E-state index < -0.39 is 5.41 Å². The summed E-state index contributed by atoms with van der Waals surface area (Å²) in [5.41, 5.74) is 1.35. The number of imide groups is 1. The molecule has 0 radical (unpaired) electrons. The van der Waals surface area contributed by atoms with Crippen LogP contribution in [0.15, 0.2) is 78.9 Å². The number of benzene rings is 3. The van der Waals surface area contributed by atoms with E-state index in [4.69, 9.17) is 9.47 Å². The fourth-order valence-electron chi connectivity index (χ4n) is 4.86. The summed E-state index contributed by atoms with van der Waals surface area (Å²) in [5, 5.41) is 0. The van der Waals surface area contributed by atoms with Gasteiger partial charge in [0.25, 0.3) is 0 Å². The van der Waals surface area contributed by atoms with Gasteiger partial charge in [0.2, 0.25) is 24.5 Å². The van der Waals surface area contributed by atoms with Crippen LogP contribution in [0, 0.1) is 0 Å². The first-order valence-electron chi connectivity index (χ1n) is 12.0. The van der Waals surface area contributed by atoms with Crippen LogP contribution in [0.25, 0.3) is 0 Å². The van der Waals surface area contributed by atoms with Gasteiger partial charge in [-0.2, -0.15) is 0 Å². The van der Waals surface area contributed by atoms with Crippen molar-refractivity contribution in [1.29, 1.82) is 0 Å². The van der Waals surface area contributed by atoms with Crippen LogP contribution in [-0.2, 0) is 32.8 Å². The number of rotatable bonds is 8. The normalized spacial score (nSPS) is 18.5. The zero-order chi connectivity index (χ0) is 25.1. The minimum atomic E-state index is -1.23. The maximum atomic E-state index is 13.9. The molecular weight excluding hydrogens is 456 g/mol. The highest BCUT2D eigenvalue weighted by Gasteiger charge is 2.53. The molecule has 2 heterocycles. The van der Waals surface area contributed by atoms with Crippen LogP contribution >= 0.6 is 0 Å². The monoisotopic (exact) mass is 484 g/mol. The third-order valence-corrected chi connectivity index (χ3v) is 6.97. The highest BCUT2D eigenvalue weighted by atomic mass is 16.7. The Morgan fingerprint density at radius 3 is 2.36 bits per heavy atom. The van der Waals surface area contributed by atoms with Crippen molar-refractivity contribution in [2.75, 3.05) is 20.4 Å². The molecule has 184 valence electrons. The number of likely N-dealkylation sites (N-methyl/N-ethyl adjacent to an activating group) is 1. The first-order valence-corrected chi connectivity index (χ1v) is 12.0. The molecule has 3 aromatic carbocycles. The Morgan fingerprint density at radius 1 is 0.917 bits per heavy atom. The van der Waals surface area contributed by atoms with E-state index in [2.05, 4.69) is 0 Å². The lowest BCUT2D eigenvalue weighted by atomic mass is 9.75. The third-order valence-electron chi connectivity index (χ3n) is 6.97. The van der Waals surface area contributed by atoms with E-state index >= 15 is 0 Å². The van der Waals surface area contributed by atoms with Gasteiger partial charge in [0, 0.05) is 26.4 Å². The molecule has 0 unspecified atom stereocenters. The van der Waals surface area contributed by atoms with E-state index in [0.29, 0.717) is 30.0 Å². The van der Waals surface area contributed by atoms with Gasteiger partial charge in [-0.1, -0.05) is 66.7 Å². The van der Waals surface area contributed by atoms with Crippen molar-refractivity contribution in [2.24, 2.45) is 0 Å². The summed E-state index contributed by atoms with van der Waals surface area (Å²) >= 11 is 0. The van der Waals surface area contributed by atoms with Crippen molar-refractivity contribution in [3.8, 4) is 11.5 Å². The minimum Gasteiger partial charge on any atom is -0.454 e. The van der Waals surface area contributed by atoms with Gasteiger partial charge in [-0.3, -0.25) is 19.3 Å². The van der Waals surface area contributed by atoms with Gasteiger partial charge in [0.1, 0.15) is 0 Å². The fraction of sp³-hybridized carbons (Fsp3) is 0.276. The van der Waals surface area contributed by atoms with Gasteiger partial charge in [0.15, 0.2) is 11.5 Å². The van der Waals surface area contributed by atoms with Crippen molar-refractivity contribution in [3.05, 3.63) is 95.6 Å². The SMILES string of the molecule is CN(CCc1ccccc1)C(=O)C[C@]1(c2ccccc2)CC(=O)N(Cc2ccc3c(c2)OCO3)C1=O. The van der Waals surface area contributed by atoms with Gasteiger partial charge in [-0.25, -0.2) is 0 Å². The first-order chi connectivity index (χ1) is 17.5. The molecule has 36 heavy (non-hydrogen) atoms. The van der Waals surface area contributed by atoms with Crippen molar-refractivity contribution < 1.29 is 23.9 Å². The molecule has 7 nitrogen and oxygen atoms in total. The first kappa shape index (κ1) is 23.6. The quantitative estimate of drug-likeness (QED) is 0.456. The van der Waals surface area contributed by atoms with E-state index in [-0.39, 0.29) is 43.9 Å². The molecule has 2 aliphatic rings. The lowest BCUT2D eigenvalue weighted by Crippen LogP contribution is -2.42. The molecule has 1 saturated heterocycles. The van der Waals surface area contributed by atoms with Gasteiger partial charge >= 0.3 is 0 Å². The molecule has 0 bridgehead atoms. The third kappa shape index (κ3) is 4.56. The second-order valence-corrected chi connectivity index (χ2v) is 9.33. The van der Waals surface area contributed by atoms with Gasteiger partial charge < -0.3 is 14.4 Å². The Labute approximate surface area is 210 Å². The summed E-state index contributed by atoms with van der Waals surface area (Å²) in [6.07, 6.45) is 0.605. The maximum Gasteiger partial charge on any atom is 0.241 e. The van der Waals surface area contributed by atoms with Crippen LogP contribution in [0.3, 0.4) is 0 Å². The Bertz CT molecular complexity index is 1280. The molecule has 0 spiro atoms. The minimum absolute atomic E-state index is 0.0430. The van der Waals surface area contributed by atoms with Crippen LogP contribution in [0.2, 0.25) is 0 Å². The van der Waals surface area contributed by atoms with Crippen LogP contribution < -0.4 is 9.47 Å². The van der Waals surface area contributed by atoms with Crippen molar-refractivity contribution >= 4 is 17.7 Å². The molecule has 3 aromatic rings. The average Bonchev–Trinajstić information content (AvgIpc) is 3.47. The molecule has 2 aliphatic heterocycles. The summed E-state index contributed by atoms with van der Waals surface area (Å²) in [7, 11) is 1.75. The lowest BCUT2D eigenvalue weighted by Gasteiger charge is -2.29. The number of carbonyl (C=O) groups is 3. The topological polar surface area (TPSA) is 76.2 Å². The molecule has 1 atom stereocenters. The van der Waals surface area contributed by atoms with E-state index in [1.807, 2.05) is 66.7 Å². The molecular formula is C29H28N2O5. The number of amides is 3. The van der Waals surface area contributed by atoms with Crippen molar-refractivity contribution in [1.82, 2.24) is 9.80 Å². The summed E-state index contributed by atoms with van der Waals surface area (Å²) in [6.45, 7) is 0.787. The molecule has 0 N–H and O–H groups in total. The number of ether oxygens (including phenoxy) is 2. The van der Waals surface area contributed by atoms with Crippen LogP contribution in [0.4, 0.5) is 0 Å². The average molecular weight is 485 g/mol. The second-order valence-electron chi connectivity index (χ2n) is 9.33. The van der Waals surface area contributed by atoms with Gasteiger partial charge in [0.05, 0.1) is 12.0 Å². The lowest BCUT2D eigenvalue weighted by molar-refractivity contribution is -0.143. The molecule has 3 amide bonds. The number of carbonyl (C=O) groups excluding carboxylic acids is 3. The van der Waals surface area contributed by atoms with Crippen LogP contribution in [0.5, 0.6) is 11.5 Å². The molecule has 7 heteroatoms. The van der Waals surface area contributed by atoms with Crippen molar-refractivity contribution in [2.45, 2.75) is 31.2 Å². The highest BCUT2D eigenvalue weighted by molar-refractivity contribution is 6.10. The van der Waals surface area contributed by atoms with E-state index in [1.54, 1.807) is 24.1 Å². The Kier molecular flexibility index (Phi) is 6.46. The predicted octanol–water partition coefficient (Wildman–Crippen LogP) is 3.70. The van der Waals surface area contributed by atoms with E-state index in [0.717, 1.165) is 11.1 Å². The standard InChI is InChI=1S/C29H28N2O5/c1-30(15-14-21-8-4-2-5-9-21)26(32)17-29(23-10-6-3-7-11-23)18-27(33)31(28(29)34)19-22-12-13-24-25(16-22)36-20-35-24/h2-13,16H,14-15,17-20H2,1H3/t29-/m1/s1. The Balaban J connectivity index is 1.37. The molecule has 5 rings (SSSR count). The van der Waals surface area contributed by atoms with Crippen LogP contribution in [0.1, 0.15) is 29.5 Å². The summed E-state index contributed by atoms with van der Waals surface area (Å²) < 4.78 is 10.8. The van der Waals surface area contributed by atoms with Gasteiger partial charge in [-0.15, -0.1) is 0 Å². The number of fused-ring (bicyclic) bond motifs is 1. The second kappa shape index (κ2) is 9.85. The Hall–Kier alpha value is -4.13. The zero-order valence-corrected chi connectivity index (χ0v) is 20.2.